The summed E-state index contributed by atoms with van der Waals surface area (Å²) in [5, 5.41) is 2.76. The summed E-state index contributed by atoms with van der Waals surface area (Å²) in [5.74, 6) is 1.40. The molecule has 1 amide bonds. The summed E-state index contributed by atoms with van der Waals surface area (Å²) in [4.78, 5) is 11.2. The van der Waals surface area contributed by atoms with E-state index >= 15 is 0 Å². The third kappa shape index (κ3) is 6.88. The van der Waals surface area contributed by atoms with Crippen LogP contribution in [-0.4, -0.2) is 32.2 Å². The highest BCUT2D eigenvalue weighted by atomic mass is 35.5. The smallest absolute Gasteiger partial charge is 0.221 e. The molecule has 19 heavy (non-hydrogen) atoms. The molecule has 3 N–H and O–H groups in total. The highest BCUT2D eigenvalue weighted by Crippen LogP contribution is 2.19. The summed E-state index contributed by atoms with van der Waals surface area (Å²) >= 11 is 0. The molecule has 1 atom stereocenters. The van der Waals surface area contributed by atoms with Gasteiger partial charge in [0.25, 0.3) is 0 Å². The fraction of sp³-hybridized carbons (Fsp3) is 0.462. The molecule has 1 aromatic rings. The second-order valence-electron chi connectivity index (χ2n) is 3.95. The fourth-order valence-corrected chi connectivity index (χ4v) is 1.43. The number of hydrogen-bond donors (Lipinski definition) is 2. The molecule has 6 heteroatoms. The van der Waals surface area contributed by atoms with E-state index in [0.29, 0.717) is 19.5 Å². The number of halogens is 1. The van der Waals surface area contributed by atoms with Crippen molar-refractivity contribution in [1.29, 1.82) is 0 Å². The molecule has 5 nitrogen and oxygen atoms in total. The number of nitrogens with one attached hydrogen (secondary N) is 1. The average molecular weight is 289 g/mol. The summed E-state index contributed by atoms with van der Waals surface area (Å²) in [6.45, 7) is 2.70. The van der Waals surface area contributed by atoms with Gasteiger partial charge in [0.15, 0.2) is 0 Å². The number of methoxy groups -OCH3 is 1. The second kappa shape index (κ2) is 9.47. The van der Waals surface area contributed by atoms with Crippen molar-refractivity contribution in [2.75, 3.05) is 20.2 Å². The predicted molar refractivity (Wildman–Crippen MR) is 77.0 cm³/mol. The number of ether oxygens (including phenoxy) is 2. The number of carbonyl (C=O) groups excluding carboxylic acids is 1. The number of carbonyl (C=O) groups is 1. The molecule has 0 aromatic heterocycles. The van der Waals surface area contributed by atoms with Crippen molar-refractivity contribution >= 4 is 18.3 Å². The van der Waals surface area contributed by atoms with Crippen molar-refractivity contribution in [1.82, 2.24) is 5.32 Å². The molecule has 0 aliphatic carbocycles. The first-order valence-corrected chi connectivity index (χ1v) is 5.93. The maximum atomic E-state index is 11.2. The summed E-state index contributed by atoms with van der Waals surface area (Å²) in [6.07, 6.45) is 0.227. The lowest BCUT2D eigenvalue weighted by molar-refractivity contribution is -0.121. The van der Waals surface area contributed by atoms with Crippen molar-refractivity contribution in [2.45, 2.75) is 19.4 Å². The Labute approximate surface area is 119 Å². The monoisotopic (exact) mass is 288 g/mol. The van der Waals surface area contributed by atoms with Gasteiger partial charge in [-0.2, -0.15) is 0 Å². The first-order chi connectivity index (χ1) is 8.65. The quantitative estimate of drug-likeness (QED) is 0.794. The lowest BCUT2D eigenvalue weighted by atomic mass is 10.3. The van der Waals surface area contributed by atoms with Crippen LogP contribution < -0.4 is 20.5 Å². The number of amides is 1. The van der Waals surface area contributed by atoms with Gasteiger partial charge in [-0.1, -0.05) is 6.07 Å². The summed E-state index contributed by atoms with van der Waals surface area (Å²) < 4.78 is 10.8. The van der Waals surface area contributed by atoms with E-state index in [-0.39, 0.29) is 24.4 Å². The SMILES string of the molecule is COc1cccc(OC(C)CNC(=O)CCN)c1.Cl. The maximum absolute atomic E-state index is 11.2. The minimum Gasteiger partial charge on any atom is -0.497 e. The van der Waals surface area contributed by atoms with Gasteiger partial charge in [0.05, 0.1) is 13.7 Å². The summed E-state index contributed by atoms with van der Waals surface area (Å²) in [7, 11) is 1.61. The lowest BCUT2D eigenvalue weighted by Crippen LogP contribution is -2.34. The van der Waals surface area contributed by atoms with Gasteiger partial charge in [-0.05, 0) is 19.1 Å². The standard InChI is InChI=1S/C13H20N2O3.ClH/c1-10(9-15-13(16)6-7-14)18-12-5-3-4-11(8-12)17-2;/h3-5,8,10H,6-7,9,14H2,1-2H3,(H,15,16);1H. The van der Waals surface area contributed by atoms with Crippen LogP contribution in [0.3, 0.4) is 0 Å². The van der Waals surface area contributed by atoms with E-state index in [1.807, 2.05) is 25.1 Å². The Morgan fingerprint density at radius 1 is 1.42 bits per heavy atom. The van der Waals surface area contributed by atoms with Gasteiger partial charge < -0.3 is 20.5 Å². The Morgan fingerprint density at radius 2 is 2.11 bits per heavy atom. The normalized spacial score (nSPS) is 11.1. The van der Waals surface area contributed by atoms with Crippen LogP contribution in [-0.2, 0) is 4.79 Å². The average Bonchev–Trinajstić information content (AvgIpc) is 2.37. The minimum atomic E-state index is -0.112. The highest BCUT2D eigenvalue weighted by Gasteiger charge is 2.07. The van der Waals surface area contributed by atoms with E-state index in [0.717, 1.165) is 11.5 Å². The molecule has 1 rings (SSSR count). The molecule has 1 aromatic carbocycles. The van der Waals surface area contributed by atoms with E-state index in [2.05, 4.69) is 5.32 Å². The molecule has 108 valence electrons. The lowest BCUT2D eigenvalue weighted by Gasteiger charge is -2.15. The molecule has 0 radical (unpaired) electrons. The Morgan fingerprint density at radius 3 is 2.74 bits per heavy atom. The minimum absolute atomic E-state index is 0. The molecule has 0 aliphatic rings. The molecule has 0 aliphatic heterocycles. The van der Waals surface area contributed by atoms with E-state index < -0.39 is 0 Å². The molecular weight excluding hydrogens is 268 g/mol. The molecule has 0 fully saturated rings. The molecule has 0 heterocycles. The number of rotatable bonds is 7. The molecular formula is C13H21ClN2O3. The van der Waals surface area contributed by atoms with Crippen LogP contribution in [0.2, 0.25) is 0 Å². The van der Waals surface area contributed by atoms with Gasteiger partial charge in [-0.3, -0.25) is 4.79 Å². The van der Waals surface area contributed by atoms with E-state index in [4.69, 9.17) is 15.2 Å². The Hall–Kier alpha value is -1.46. The number of benzene rings is 1. The predicted octanol–water partition coefficient (Wildman–Crippen LogP) is 1.35. The van der Waals surface area contributed by atoms with Crippen molar-refractivity contribution in [3.8, 4) is 11.5 Å². The molecule has 0 saturated heterocycles. The Kier molecular flexibility index (Phi) is 8.74. The molecule has 1 unspecified atom stereocenters. The Balaban J connectivity index is 0.00000324. The molecule has 0 spiro atoms. The molecule has 0 bridgehead atoms. The van der Waals surface area contributed by atoms with E-state index in [1.165, 1.54) is 0 Å². The van der Waals surface area contributed by atoms with Crippen molar-refractivity contribution in [3.63, 3.8) is 0 Å². The number of hydrogen-bond acceptors (Lipinski definition) is 4. The van der Waals surface area contributed by atoms with Crippen LogP contribution in [0.25, 0.3) is 0 Å². The zero-order valence-electron chi connectivity index (χ0n) is 11.2. The van der Waals surface area contributed by atoms with Crippen LogP contribution in [0.5, 0.6) is 11.5 Å². The van der Waals surface area contributed by atoms with Gasteiger partial charge in [-0.15, -0.1) is 12.4 Å². The first kappa shape index (κ1) is 17.5. The number of nitrogens with two attached hydrogens (primary N) is 1. The summed E-state index contributed by atoms with van der Waals surface area (Å²) in [5.41, 5.74) is 5.29. The van der Waals surface area contributed by atoms with Gasteiger partial charge in [-0.25, -0.2) is 0 Å². The molecule has 0 saturated carbocycles. The van der Waals surface area contributed by atoms with Crippen molar-refractivity contribution < 1.29 is 14.3 Å². The fourth-order valence-electron chi connectivity index (χ4n) is 1.43. The van der Waals surface area contributed by atoms with Crippen LogP contribution in [0, 0.1) is 0 Å². The second-order valence-corrected chi connectivity index (χ2v) is 3.95. The summed E-state index contributed by atoms with van der Waals surface area (Å²) in [6, 6.07) is 7.35. The Bertz CT molecular complexity index is 388. The van der Waals surface area contributed by atoms with Gasteiger partial charge >= 0.3 is 0 Å². The van der Waals surface area contributed by atoms with Gasteiger partial charge in [0, 0.05) is 19.0 Å². The topological polar surface area (TPSA) is 73.6 Å². The largest absolute Gasteiger partial charge is 0.497 e. The zero-order valence-corrected chi connectivity index (χ0v) is 12.0. The third-order valence-corrected chi connectivity index (χ3v) is 2.34. The van der Waals surface area contributed by atoms with Crippen molar-refractivity contribution in [2.24, 2.45) is 5.73 Å². The highest BCUT2D eigenvalue weighted by molar-refractivity contribution is 5.85. The van der Waals surface area contributed by atoms with E-state index in [9.17, 15) is 4.79 Å². The van der Waals surface area contributed by atoms with Gasteiger partial charge in [0.2, 0.25) is 5.91 Å². The van der Waals surface area contributed by atoms with Crippen LogP contribution in [0.1, 0.15) is 13.3 Å². The van der Waals surface area contributed by atoms with Crippen LogP contribution >= 0.6 is 12.4 Å². The van der Waals surface area contributed by atoms with Gasteiger partial charge in [0.1, 0.15) is 17.6 Å². The van der Waals surface area contributed by atoms with E-state index in [1.54, 1.807) is 13.2 Å². The zero-order chi connectivity index (χ0) is 13.4. The third-order valence-electron chi connectivity index (χ3n) is 2.34. The first-order valence-electron chi connectivity index (χ1n) is 5.93. The van der Waals surface area contributed by atoms with Crippen molar-refractivity contribution in [3.05, 3.63) is 24.3 Å². The van der Waals surface area contributed by atoms with Crippen LogP contribution in [0.4, 0.5) is 0 Å². The maximum Gasteiger partial charge on any atom is 0.221 e. The van der Waals surface area contributed by atoms with Crippen LogP contribution in [0.15, 0.2) is 24.3 Å².